The van der Waals surface area contributed by atoms with Gasteiger partial charge in [0, 0.05) is 5.41 Å². The summed E-state index contributed by atoms with van der Waals surface area (Å²) in [6, 6.07) is 0. The Bertz CT molecular complexity index is 542. The summed E-state index contributed by atoms with van der Waals surface area (Å²) in [4.78, 5) is 12.3. The third-order valence-electron chi connectivity index (χ3n) is 7.74. The molecule has 1 unspecified atom stereocenters. The largest absolute Gasteiger partial charge is 0.389 e. The number of hydrogen-bond acceptors (Lipinski definition) is 2. The number of allylic oxidation sites excluding steroid dienone is 1. The van der Waals surface area contributed by atoms with Gasteiger partial charge in [0.15, 0.2) is 12.0 Å². The van der Waals surface area contributed by atoms with Crippen molar-refractivity contribution >= 4 is 5.78 Å². The maximum atomic E-state index is 14.1. The quantitative estimate of drug-likeness (QED) is 0.691. The Morgan fingerprint density at radius 3 is 2.73 bits per heavy atom. The van der Waals surface area contributed by atoms with Crippen molar-refractivity contribution in [1.29, 1.82) is 0 Å². The standard InChI is InChI=1S/C19H27FO2/c1-18-7-4-3-5-11(18)9-15(21)16-12(18)6-8-19(2)13(16)10-14(20)17(19)22/h9,12-16,21H,3-8,10H2,1-2H3/t12-,13-,14+,15?,16+,18-,19-/m0/s1. The number of rotatable bonds is 0. The van der Waals surface area contributed by atoms with Crippen molar-refractivity contribution < 1.29 is 14.3 Å². The fraction of sp³-hybridized carbons (Fsp3) is 0.842. The summed E-state index contributed by atoms with van der Waals surface area (Å²) in [5.41, 5.74) is 1.05. The molecule has 122 valence electrons. The highest BCUT2D eigenvalue weighted by Gasteiger charge is 2.62. The van der Waals surface area contributed by atoms with Gasteiger partial charge >= 0.3 is 0 Å². The van der Waals surface area contributed by atoms with E-state index in [1.54, 1.807) is 0 Å². The Morgan fingerprint density at radius 2 is 1.95 bits per heavy atom. The molecule has 0 saturated heterocycles. The lowest BCUT2D eigenvalue weighted by molar-refractivity contribution is -0.137. The smallest absolute Gasteiger partial charge is 0.173 e. The van der Waals surface area contributed by atoms with E-state index in [0.29, 0.717) is 12.3 Å². The molecule has 4 aliphatic carbocycles. The van der Waals surface area contributed by atoms with Crippen molar-refractivity contribution in [2.24, 2.45) is 28.6 Å². The van der Waals surface area contributed by atoms with Crippen LogP contribution in [0.15, 0.2) is 11.6 Å². The van der Waals surface area contributed by atoms with Crippen molar-refractivity contribution in [3.8, 4) is 0 Å². The van der Waals surface area contributed by atoms with E-state index < -0.39 is 17.7 Å². The number of alkyl halides is 1. The number of hydrogen-bond donors (Lipinski definition) is 1. The number of aliphatic hydroxyl groups excluding tert-OH is 1. The van der Waals surface area contributed by atoms with Crippen LogP contribution in [0.2, 0.25) is 0 Å². The number of aliphatic hydroxyl groups is 1. The summed E-state index contributed by atoms with van der Waals surface area (Å²) >= 11 is 0. The van der Waals surface area contributed by atoms with Gasteiger partial charge in [-0.25, -0.2) is 4.39 Å². The number of carbonyl (C=O) groups excluding carboxylic acids is 1. The molecule has 0 aliphatic heterocycles. The van der Waals surface area contributed by atoms with Crippen molar-refractivity contribution in [3.63, 3.8) is 0 Å². The number of carbonyl (C=O) groups is 1. The first kappa shape index (κ1) is 14.9. The molecule has 0 aromatic rings. The highest BCUT2D eigenvalue weighted by atomic mass is 19.1. The van der Waals surface area contributed by atoms with Gasteiger partial charge in [0.1, 0.15) is 0 Å². The molecule has 0 amide bonds. The molecule has 0 spiro atoms. The van der Waals surface area contributed by atoms with Gasteiger partial charge in [-0.3, -0.25) is 4.79 Å². The molecule has 0 heterocycles. The number of ketones is 1. The number of Topliss-reactive ketones (excluding diaryl/α,β-unsaturated/α-hetero) is 1. The number of fused-ring (bicyclic) bond motifs is 5. The van der Waals surface area contributed by atoms with E-state index >= 15 is 0 Å². The average Bonchev–Trinajstić information content (AvgIpc) is 2.71. The fourth-order valence-corrected chi connectivity index (χ4v) is 6.44. The molecule has 22 heavy (non-hydrogen) atoms. The van der Waals surface area contributed by atoms with Crippen LogP contribution in [0.1, 0.15) is 58.8 Å². The second-order valence-electron chi connectivity index (χ2n) is 8.62. The van der Waals surface area contributed by atoms with Gasteiger partial charge in [0.2, 0.25) is 0 Å². The second-order valence-corrected chi connectivity index (χ2v) is 8.62. The summed E-state index contributed by atoms with van der Waals surface area (Å²) in [6.07, 6.45) is 7.10. The molecule has 2 nitrogen and oxygen atoms in total. The molecule has 7 atom stereocenters. The third-order valence-corrected chi connectivity index (χ3v) is 7.74. The van der Waals surface area contributed by atoms with Gasteiger partial charge in [-0.15, -0.1) is 0 Å². The van der Waals surface area contributed by atoms with E-state index in [0.717, 1.165) is 19.3 Å². The maximum Gasteiger partial charge on any atom is 0.173 e. The summed E-state index contributed by atoms with van der Waals surface area (Å²) in [6.45, 7) is 4.30. The summed E-state index contributed by atoms with van der Waals surface area (Å²) in [7, 11) is 0. The predicted octanol–water partition coefficient (Wildman–Crippen LogP) is 3.83. The van der Waals surface area contributed by atoms with Crippen LogP contribution in [0.25, 0.3) is 0 Å². The van der Waals surface area contributed by atoms with Gasteiger partial charge in [0.25, 0.3) is 0 Å². The zero-order chi connectivity index (χ0) is 15.7. The molecule has 4 aliphatic rings. The second kappa shape index (κ2) is 4.66. The molecule has 3 saturated carbocycles. The fourth-order valence-electron chi connectivity index (χ4n) is 6.44. The van der Waals surface area contributed by atoms with E-state index in [1.807, 2.05) is 6.92 Å². The van der Waals surface area contributed by atoms with Crippen molar-refractivity contribution in [2.75, 3.05) is 0 Å². The van der Waals surface area contributed by atoms with Crippen LogP contribution in [0, 0.1) is 28.6 Å². The first-order valence-electron chi connectivity index (χ1n) is 8.95. The molecule has 0 aromatic carbocycles. The molecule has 0 aromatic heterocycles. The van der Waals surface area contributed by atoms with Crippen LogP contribution in [-0.2, 0) is 4.79 Å². The zero-order valence-electron chi connectivity index (χ0n) is 13.6. The lowest BCUT2D eigenvalue weighted by Gasteiger charge is -2.57. The van der Waals surface area contributed by atoms with Gasteiger partial charge in [0.05, 0.1) is 6.10 Å². The normalized spacial score (nSPS) is 54.3. The highest BCUT2D eigenvalue weighted by molar-refractivity contribution is 5.91. The van der Waals surface area contributed by atoms with Gasteiger partial charge < -0.3 is 5.11 Å². The Hall–Kier alpha value is -0.700. The molecule has 4 rings (SSSR count). The molecule has 0 radical (unpaired) electrons. The van der Waals surface area contributed by atoms with Crippen LogP contribution >= 0.6 is 0 Å². The first-order chi connectivity index (χ1) is 10.4. The van der Waals surface area contributed by atoms with Crippen LogP contribution in [0.3, 0.4) is 0 Å². The van der Waals surface area contributed by atoms with Crippen LogP contribution in [0.4, 0.5) is 4.39 Å². The molecule has 1 N–H and O–H groups in total. The molecule has 3 heteroatoms. The minimum Gasteiger partial charge on any atom is -0.389 e. The minimum absolute atomic E-state index is 0.0142. The predicted molar refractivity (Wildman–Crippen MR) is 83.0 cm³/mol. The molecular weight excluding hydrogens is 279 g/mol. The van der Waals surface area contributed by atoms with Crippen LogP contribution in [-0.4, -0.2) is 23.2 Å². The summed E-state index contributed by atoms with van der Waals surface area (Å²) in [5.74, 6) is 0.293. The van der Waals surface area contributed by atoms with Crippen LogP contribution in [0.5, 0.6) is 0 Å². The first-order valence-corrected chi connectivity index (χ1v) is 8.95. The number of halogens is 1. The van der Waals surface area contributed by atoms with Gasteiger partial charge in [-0.1, -0.05) is 31.9 Å². The average molecular weight is 306 g/mol. The summed E-state index contributed by atoms with van der Waals surface area (Å²) < 4.78 is 14.1. The van der Waals surface area contributed by atoms with Crippen molar-refractivity contribution in [1.82, 2.24) is 0 Å². The molecular formula is C19H27FO2. The van der Waals surface area contributed by atoms with Crippen molar-refractivity contribution in [2.45, 2.75) is 71.1 Å². The van der Waals surface area contributed by atoms with E-state index in [2.05, 4.69) is 13.0 Å². The Morgan fingerprint density at radius 1 is 1.18 bits per heavy atom. The summed E-state index contributed by atoms with van der Waals surface area (Å²) in [5, 5.41) is 10.8. The Kier molecular flexibility index (Phi) is 3.15. The van der Waals surface area contributed by atoms with E-state index in [4.69, 9.17) is 0 Å². The lowest BCUT2D eigenvalue weighted by atomic mass is 9.47. The monoisotopic (exact) mass is 306 g/mol. The van der Waals surface area contributed by atoms with E-state index in [-0.39, 0.29) is 23.0 Å². The van der Waals surface area contributed by atoms with Crippen LogP contribution < -0.4 is 0 Å². The van der Waals surface area contributed by atoms with Crippen molar-refractivity contribution in [3.05, 3.63) is 11.6 Å². The molecule has 0 bridgehead atoms. The lowest BCUT2D eigenvalue weighted by Crippen LogP contribution is -2.54. The minimum atomic E-state index is -1.31. The Labute approximate surface area is 132 Å². The zero-order valence-corrected chi connectivity index (χ0v) is 13.6. The Balaban J connectivity index is 1.76. The van der Waals surface area contributed by atoms with Gasteiger partial charge in [-0.2, -0.15) is 0 Å². The maximum absolute atomic E-state index is 14.1. The SMILES string of the molecule is C[C@]12CCCCC1=CC(O)[C@@H]1[C@@H]2CC[C@]2(C)C(=O)[C@H](F)C[C@@H]12. The third kappa shape index (κ3) is 1.72. The topological polar surface area (TPSA) is 37.3 Å². The van der Waals surface area contributed by atoms with E-state index in [1.165, 1.54) is 24.8 Å². The van der Waals surface area contributed by atoms with Gasteiger partial charge in [-0.05, 0) is 61.7 Å². The highest BCUT2D eigenvalue weighted by Crippen LogP contribution is 2.64. The van der Waals surface area contributed by atoms with E-state index in [9.17, 15) is 14.3 Å². The molecule has 3 fully saturated rings.